The molecule has 0 atom stereocenters. The van der Waals surface area contributed by atoms with Gasteiger partial charge in [-0.05, 0) is 6.42 Å². The monoisotopic (exact) mass is 238 g/mol. The third-order valence-electron chi connectivity index (χ3n) is 2.02. The Kier molecular flexibility index (Phi) is 5.19. The summed E-state index contributed by atoms with van der Waals surface area (Å²) in [5.74, 6) is 1.09. The second-order valence-electron chi connectivity index (χ2n) is 3.73. The quantitative estimate of drug-likeness (QED) is 0.792. The van der Waals surface area contributed by atoms with Crippen LogP contribution in [0.1, 0.15) is 13.3 Å². The van der Waals surface area contributed by atoms with Crippen molar-refractivity contribution in [3.8, 4) is 5.88 Å². The Balaban J connectivity index is 2.51. The summed E-state index contributed by atoms with van der Waals surface area (Å²) in [5.41, 5.74) is 0. The van der Waals surface area contributed by atoms with Crippen molar-refractivity contribution in [1.82, 2.24) is 14.9 Å². The lowest BCUT2D eigenvalue weighted by Crippen LogP contribution is -2.28. The fourth-order valence-electron chi connectivity index (χ4n) is 1.05. The van der Waals surface area contributed by atoms with Gasteiger partial charge in [-0.25, -0.2) is 9.97 Å². The van der Waals surface area contributed by atoms with E-state index < -0.39 is 0 Å². The number of ether oxygens (including phenoxy) is 1. The lowest BCUT2D eigenvalue weighted by atomic mass is 10.5. The molecule has 0 saturated carbocycles. The summed E-state index contributed by atoms with van der Waals surface area (Å²) in [4.78, 5) is 20.9. The Bertz CT molecular complexity index is 368. The van der Waals surface area contributed by atoms with E-state index in [1.165, 1.54) is 11.2 Å². The summed E-state index contributed by atoms with van der Waals surface area (Å²) in [6.45, 7) is 2.85. The van der Waals surface area contributed by atoms with E-state index in [1.807, 2.05) is 6.92 Å². The fourth-order valence-corrected chi connectivity index (χ4v) is 1.05. The smallest absolute Gasteiger partial charge is 0.241 e. The van der Waals surface area contributed by atoms with Crippen LogP contribution >= 0.6 is 0 Å². The Labute approximate surface area is 101 Å². The molecule has 1 rings (SSSR count). The van der Waals surface area contributed by atoms with Crippen LogP contribution in [0.25, 0.3) is 0 Å². The molecule has 0 aromatic carbocycles. The van der Waals surface area contributed by atoms with Gasteiger partial charge in [-0.2, -0.15) is 0 Å². The Morgan fingerprint density at radius 2 is 2.24 bits per heavy atom. The van der Waals surface area contributed by atoms with E-state index in [0.717, 1.165) is 6.42 Å². The number of nitrogens with one attached hydrogen (secondary N) is 1. The van der Waals surface area contributed by atoms with Crippen molar-refractivity contribution in [1.29, 1.82) is 0 Å². The first-order valence-corrected chi connectivity index (χ1v) is 5.52. The molecule has 0 aliphatic heterocycles. The van der Waals surface area contributed by atoms with Crippen LogP contribution < -0.4 is 10.1 Å². The SMILES string of the molecule is CCCOc1cc(NCC(=O)N(C)C)ncn1. The van der Waals surface area contributed by atoms with Crippen LogP contribution in [0.5, 0.6) is 5.88 Å². The number of hydrogen-bond acceptors (Lipinski definition) is 5. The molecular weight excluding hydrogens is 220 g/mol. The van der Waals surface area contributed by atoms with E-state index in [1.54, 1.807) is 20.2 Å². The number of carbonyl (C=O) groups is 1. The number of carbonyl (C=O) groups excluding carboxylic acids is 1. The summed E-state index contributed by atoms with van der Waals surface area (Å²) >= 11 is 0. The van der Waals surface area contributed by atoms with E-state index in [4.69, 9.17) is 4.74 Å². The molecule has 1 aromatic rings. The number of anilines is 1. The molecule has 0 spiro atoms. The van der Waals surface area contributed by atoms with Gasteiger partial charge in [-0.3, -0.25) is 4.79 Å². The van der Waals surface area contributed by atoms with Crippen molar-refractivity contribution in [2.24, 2.45) is 0 Å². The summed E-state index contributed by atoms with van der Waals surface area (Å²) < 4.78 is 5.36. The van der Waals surface area contributed by atoms with Gasteiger partial charge in [0.15, 0.2) is 0 Å². The van der Waals surface area contributed by atoms with Crippen molar-refractivity contribution in [2.75, 3.05) is 32.6 Å². The molecule has 0 aliphatic rings. The Hall–Kier alpha value is -1.85. The number of hydrogen-bond donors (Lipinski definition) is 1. The molecule has 0 saturated heterocycles. The molecule has 6 heteroatoms. The van der Waals surface area contributed by atoms with E-state index in [2.05, 4.69) is 15.3 Å². The van der Waals surface area contributed by atoms with Crippen LogP contribution in [0, 0.1) is 0 Å². The van der Waals surface area contributed by atoms with Gasteiger partial charge in [-0.1, -0.05) is 6.92 Å². The number of aromatic nitrogens is 2. The molecular formula is C11H18N4O2. The normalized spacial score (nSPS) is 9.82. The molecule has 1 amide bonds. The maximum Gasteiger partial charge on any atom is 0.241 e. The highest BCUT2D eigenvalue weighted by Crippen LogP contribution is 2.10. The van der Waals surface area contributed by atoms with Crippen LogP contribution in [0.15, 0.2) is 12.4 Å². The standard InChI is InChI=1S/C11H18N4O2/c1-4-5-17-10-6-9(13-8-14-10)12-7-11(16)15(2)3/h6,8H,4-5,7H2,1-3H3,(H,12,13,14). The first-order chi connectivity index (χ1) is 8.13. The molecule has 0 aliphatic carbocycles. The van der Waals surface area contributed by atoms with Gasteiger partial charge in [0, 0.05) is 20.2 Å². The second kappa shape index (κ2) is 6.67. The van der Waals surface area contributed by atoms with Crippen molar-refractivity contribution in [3.05, 3.63) is 12.4 Å². The minimum absolute atomic E-state index is 0.0142. The molecule has 94 valence electrons. The summed E-state index contributed by atoms with van der Waals surface area (Å²) in [7, 11) is 3.42. The summed E-state index contributed by atoms with van der Waals surface area (Å²) in [6.07, 6.45) is 2.33. The van der Waals surface area contributed by atoms with Gasteiger partial charge in [0.05, 0.1) is 13.2 Å². The minimum atomic E-state index is -0.0142. The van der Waals surface area contributed by atoms with E-state index in [9.17, 15) is 4.79 Å². The average Bonchev–Trinajstić information content (AvgIpc) is 2.33. The van der Waals surface area contributed by atoms with Gasteiger partial charge >= 0.3 is 0 Å². The molecule has 17 heavy (non-hydrogen) atoms. The highest BCUT2D eigenvalue weighted by Gasteiger charge is 2.04. The van der Waals surface area contributed by atoms with Crippen LogP contribution in [-0.2, 0) is 4.79 Å². The second-order valence-corrected chi connectivity index (χ2v) is 3.73. The van der Waals surface area contributed by atoms with Crippen LogP contribution in [0.4, 0.5) is 5.82 Å². The predicted octanol–water partition coefficient (Wildman–Crippen LogP) is 0.765. The zero-order valence-electron chi connectivity index (χ0n) is 10.4. The van der Waals surface area contributed by atoms with E-state index in [-0.39, 0.29) is 12.5 Å². The van der Waals surface area contributed by atoms with Gasteiger partial charge < -0.3 is 15.0 Å². The van der Waals surface area contributed by atoms with Crippen LogP contribution in [0.3, 0.4) is 0 Å². The lowest BCUT2D eigenvalue weighted by molar-refractivity contribution is -0.126. The van der Waals surface area contributed by atoms with Crippen molar-refractivity contribution in [3.63, 3.8) is 0 Å². The first kappa shape index (κ1) is 13.2. The van der Waals surface area contributed by atoms with Gasteiger partial charge in [0.25, 0.3) is 0 Å². The zero-order valence-corrected chi connectivity index (χ0v) is 10.4. The average molecular weight is 238 g/mol. The highest BCUT2D eigenvalue weighted by molar-refractivity contribution is 5.80. The molecule has 1 aromatic heterocycles. The van der Waals surface area contributed by atoms with Crippen LogP contribution in [0.2, 0.25) is 0 Å². The van der Waals surface area contributed by atoms with E-state index in [0.29, 0.717) is 18.3 Å². The number of nitrogens with zero attached hydrogens (tertiary/aromatic N) is 3. The van der Waals surface area contributed by atoms with Crippen LogP contribution in [-0.4, -0.2) is 48.0 Å². The third kappa shape index (κ3) is 4.67. The Morgan fingerprint density at radius 1 is 1.47 bits per heavy atom. The third-order valence-corrected chi connectivity index (χ3v) is 2.02. The summed E-state index contributed by atoms with van der Waals surface area (Å²) in [6, 6.07) is 1.68. The molecule has 1 N–H and O–H groups in total. The molecule has 0 radical (unpaired) electrons. The topological polar surface area (TPSA) is 67.3 Å². The fraction of sp³-hybridized carbons (Fsp3) is 0.545. The number of rotatable bonds is 6. The Morgan fingerprint density at radius 3 is 2.88 bits per heavy atom. The minimum Gasteiger partial charge on any atom is -0.478 e. The maximum atomic E-state index is 11.4. The van der Waals surface area contributed by atoms with Crippen molar-refractivity contribution in [2.45, 2.75) is 13.3 Å². The van der Waals surface area contributed by atoms with E-state index >= 15 is 0 Å². The maximum absolute atomic E-state index is 11.4. The molecule has 1 heterocycles. The summed E-state index contributed by atoms with van der Waals surface area (Å²) in [5, 5.41) is 2.92. The van der Waals surface area contributed by atoms with Crippen molar-refractivity contribution >= 4 is 11.7 Å². The van der Waals surface area contributed by atoms with Crippen molar-refractivity contribution < 1.29 is 9.53 Å². The first-order valence-electron chi connectivity index (χ1n) is 5.52. The highest BCUT2D eigenvalue weighted by atomic mass is 16.5. The molecule has 0 fully saturated rings. The number of likely N-dealkylation sites (N-methyl/N-ethyl adjacent to an activating group) is 1. The molecule has 6 nitrogen and oxygen atoms in total. The lowest BCUT2D eigenvalue weighted by Gasteiger charge is -2.11. The number of amides is 1. The van der Waals surface area contributed by atoms with Gasteiger partial charge in [0.1, 0.15) is 12.1 Å². The molecule has 0 unspecified atom stereocenters. The largest absolute Gasteiger partial charge is 0.478 e. The predicted molar refractivity (Wildman–Crippen MR) is 65.0 cm³/mol. The van der Waals surface area contributed by atoms with Gasteiger partial charge in [0.2, 0.25) is 11.8 Å². The van der Waals surface area contributed by atoms with Gasteiger partial charge in [-0.15, -0.1) is 0 Å². The molecule has 0 bridgehead atoms. The zero-order chi connectivity index (χ0) is 12.7.